The van der Waals surface area contributed by atoms with Crippen LogP contribution in [0.25, 0.3) is 0 Å². The van der Waals surface area contributed by atoms with Crippen molar-refractivity contribution in [1.29, 1.82) is 0 Å². The highest BCUT2D eigenvalue weighted by atomic mass is 16.5. The van der Waals surface area contributed by atoms with Crippen molar-refractivity contribution in [3.63, 3.8) is 0 Å². The van der Waals surface area contributed by atoms with Crippen LogP contribution in [-0.2, 0) is 6.54 Å². The van der Waals surface area contributed by atoms with Crippen molar-refractivity contribution in [2.45, 2.75) is 58.7 Å². The van der Waals surface area contributed by atoms with Crippen LogP contribution in [0.15, 0.2) is 6.20 Å². The smallest absolute Gasteiger partial charge is 0.128 e. The first-order chi connectivity index (χ1) is 9.52. The number of nitrogens with zero attached hydrogens (tertiary/aromatic N) is 2. The molecule has 0 aromatic carbocycles. The van der Waals surface area contributed by atoms with E-state index >= 15 is 0 Å². The van der Waals surface area contributed by atoms with E-state index < -0.39 is 0 Å². The van der Waals surface area contributed by atoms with E-state index in [2.05, 4.69) is 16.8 Å². The van der Waals surface area contributed by atoms with Gasteiger partial charge < -0.3 is 9.84 Å². The van der Waals surface area contributed by atoms with Gasteiger partial charge in [-0.2, -0.15) is 0 Å². The lowest BCUT2D eigenvalue weighted by molar-refractivity contribution is 0.130. The first kappa shape index (κ1) is 15.3. The topological polar surface area (TPSA) is 45.6 Å². The average Bonchev–Trinajstić information content (AvgIpc) is 2.80. The number of ether oxygens (including phenoxy) is 1. The van der Waals surface area contributed by atoms with Crippen molar-refractivity contribution < 1.29 is 9.84 Å². The van der Waals surface area contributed by atoms with E-state index in [1.165, 1.54) is 12.8 Å². The summed E-state index contributed by atoms with van der Waals surface area (Å²) < 4.78 is 5.47. The molecule has 2 unspecified atom stereocenters. The highest BCUT2D eigenvalue weighted by molar-refractivity contribution is 5.41. The number of hydrogen-bond donors (Lipinski definition) is 1. The largest absolute Gasteiger partial charge is 0.496 e. The Morgan fingerprint density at radius 1 is 1.50 bits per heavy atom. The lowest BCUT2D eigenvalue weighted by Gasteiger charge is -2.26. The van der Waals surface area contributed by atoms with Crippen LogP contribution in [0.4, 0.5) is 0 Å². The van der Waals surface area contributed by atoms with Crippen LogP contribution in [0.2, 0.25) is 0 Å². The van der Waals surface area contributed by atoms with Crippen LogP contribution in [0.5, 0.6) is 5.75 Å². The Morgan fingerprint density at radius 3 is 2.90 bits per heavy atom. The summed E-state index contributed by atoms with van der Waals surface area (Å²) in [6.45, 7) is 7.91. The Labute approximate surface area is 121 Å². The first-order valence-electron chi connectivity index (χ1n) is 7.44. The maximum Gasteiger partial charge on any atom is 0.128 e. The number of aliphatic hydroxyl groups is 1. The van der Waals surface area contributed by atoms with Gasteiger partial charge in [0, 0.05) is 29.9 Å². The third-order valence-electron chi connectivity index (χ3n) is 4.21. The maximum atomic E-state index is 9.61. The van der Waals surface area contributed by atoms with Crippen molar-refractivity contribution in [3.05, 3.63) is 23.0 Å². The van der Waals surface area contributed by atoms with E-state index in [9.17, 15) is 5.11 Å². The molecular formula is C16H26N2O2. The number of aliphatic hydroxyl groups excluding tert-OH is 1. The summed E-state index contributed by atoms with van der Waals surface area (Å²) in [6.07, 6.45) is 4.89. The van der Waals surface area contributed by atoms with Gasteiger partial charge in [-0.25, -0.2) is 0 Å². The molecule has 1 aromatic rings. The van der Waals surface area contributed by atoms with E-state index in [0.29, 0.717) is 6.04 Å². The van der Waals surface area contributed by atoms with Gasteiger partial charge in [0.15, 0.2) is 0 Å². The molecule has 2 rings (SSSR count). The summed E-state index contributed by atoms with van der Waals surface area (Å²) in [4.78, 5) is 7.02. The summed E-state index contributed by atoms with van der Waals surface area (Å²) in [5.74, 6) is 0.946. The summed E-state index contributed by atoms with van der Waals surface area (Å²) in [7, 11) is 1.71. The predicted molar refractivity (Wildman–Crippen MR) is 80.0 cm³/mol. The molecular weight excluding hydrogens is 252 g/mol. The molecule has 4 nitrogen and oxygen atoms in total. The monoisotopic (exact) mass is 278 g/mol. The van der Waals surface area contributed by atoms with Crippen LogP contribution < -0.4 is 4.74 Å². The van der Waals surface area contributed by atoms with Crippen molar-refractivity contribution in [1.82, 2.24) is 9.88 Å². The number of aryl methyl sites for hydroxylation is 1. The lowest BCUT2D eigenvalue weighted by atomic mass is 10.1. The maximum absolute atomic E-state index is 9.61. The number of methoxy groups -OCH3 is 1. The zero-order chi connectivity index (χ0) is 14.7. The van der Waals surface area contributed by atoms with Gasteiger partial charge in [0.2, 0.25) is 0 Å². The Morgan fingerprint density at radius 2 is 2.25 bits per heavy atom. The van der Waals surface area contributed by atoms with Crippen molar-refractivity contribution >= 4 is 0 Å². The van der Waals surface area contributed by atoms with Gasteiger partial charge in [-0.15, -0.1) is 0 Å². The third-order valence-corrected chi connectivity index (χ3v) is 4.21. The number of rotatable bonds is 5. The third kappa shape index (κ3) is 3.30. The van der Waals surface area contributed by atoms with E-state index in [4.69, 9.17) is 4.74 Å². The molecule has 0 amide bonds. The molecule has 1 aliphatic heterocycles. The lowest BCUT2D eigenvalue weighted by Crippen LogP contribution is -2.32. The molecule has 0 bridgehead atoms. The van der Waals surface area contributed by atoms with E-state index in [-0.39, 0.29) is 6.10 Å². The van der Waals surface area contributed by atoms with Crippen LogP contribution >= 0.6 is 0 Å². The predicted octanol–water partition coefficient (Wildman–Crippen LogP) is 2.44. The number of hydrogen-bond acceptors (Lipinski definition) is 4. The minimum atomic E-state index is -0.234. The number of aromatic nitrogens is 1. The van der Waals surface area contributed by atoms with Gasteiger partial charge in [-0.3, -0.25) is 9.88 Å². The van der Waals surface area contributed by atoms with E-state index in [0.717, 1.165) is 42.1 Å². The van der Waals surface area contributed by atoms with Crippen molar-refractivity contribution in [2.24, 2.45) is 0 Å². The molecule has 1 fully saturated rings. The quantitative estimate of drug-likeness (QED) is 0.898. The minimum Gasteiger partial charge on any atom is -0.496 e. The fourth-order valence-electron chi connectivity index (χ4n) is 3.19. The molecule has 0 saturated carbocycles. The highest BCUT2D eigenvalue weighted by Gasteiger charge is 2.26. The van der Waals surface area contributed by atoms with Crippen LogP contribution in [0.1, 0.15) is 43.0 Å². The van der Waals surface area contributed by atoms with Gasteiger partial charge in [0.05, 0.1) is 18.9 Å². The first-order valence-corrected chi connectivity index (χ1v) is 7.44. The van der Waals surface area contributed by atoms with Crippen LogP contribution in [0, 0.1) is 13.8 Å². The van der Waals surface area contributed by atoms with Gasteiger partial charge >= 0.3 is 0 Å². The van der Waals surface area contributed by atoms with Crippen molar-refractivity contribution in [3.8, 4) is 5.75 Å². The second-order valence-corrected chi connectivity index (χ2v) is 5.90. The zero-order valence-electron chi connectivity index (χ0n) is 13.0. The Hall–Kier alpha value is -1.13. The van der Waals surface area contributed by atoms with E-state index in [1.54, 1.807) is 7.11 Å². The van der Waals surface area contributed by atoms with Crippen molar-refractivity contribution in [2.75, 3.05) is 13.7 Å². The zero-order valence-corrected chi connectivity index (χ0v) is 13.0. The summed E-state index contributed by atoms with van der Waals surface area (Å²) in [5.41, 5.74) is 3.30. The fraction of sp³-hybridized carbons (Fsp3) is 0.688. The fourth-order valence-corrected chi connectivity index (χ4v) is 3.19. The van der Waals surface area contributed by atoms with Crippen LogP contribution in [-0.4, -0.2) is 40.8 Å². The van der Waals surface area contributed by atoms with E-state index in [1.807, 2.05) is 20.0 Å². The highest BCUT2D eigenvalue weighted by Crippen LogP contribution is 2.28. The average molecular weight is 278 g/mol. The molecule has 0 aliphatic carbocycles. The van der Waals surface area contributed by atoms with Gasteiger partial charge in [-0.1, -0.05) is 0 Å². The normalized spacial score (nSPS) is 21.1. The molecule has 0 spiro atoms. The second kappa shape index (κ2) is 6.55. The molecule has 4 heteroatoms. The number of pyridine rings is 1. The molecule has 1 aromatic heterocycles. The number of likely N-dealkylation sites (tertiary alicyclic amines) is 1. The molecule has 2 heterocycles. The standard InChI is InChI=1S/C16H26N2O2/c1-11-9-17-15(13(3)16(11)20-4)10-18-7-5-6-14(18)8-12(2)19/h9,12,14,19H,5-8,10H2,1-4H3. The summed E-state index contributed by atoms with van der Waals surface area (Å²) in [5, 5.41) is 9.61. The van der Waals surface area contributed by atoms with Gasteiger partial charge in [0.1, 0.15) is 5.75 Å². The molecule has 20 heavy (non-hydrogen) atoms. The Bertz CT molecular complexity index is 460. The van der Waals surface area contributed by atoms with Crippen LogP contribution in [0.3, 0.4) is 0 Å². The molecule has 0 radical (unpaired) electrons. The SMILES string of the molecule is COc1c(C)cnc(CN2CCCC2CC(C)O)c1C. The minimum absolute atomic E-state index is 0.234. The molecule has 1 saturated heterocycles. The molecule has 1 aliphatic rings. The Kier molecular flexibility index (Phi) is 5.00. The summed E-state index contributed by atoms with van der Waals surface area (Å²) in [6, 6.07) is 0.475. The second-order valence-electron chi connectivity index (χ2n) is 5.90. The molecule has 112 valence electrons. The van der Waals surface area contributed by atoms with Gasteiger partial charge in [-0.05, 0) is 46.6 Å². The molecule has 1 N–H and O–H groups in total. The molecule has 2 atom stereocenters. The summed E-state index contributed by atoms with van der Waals surface area (Å²) >= 11 is 0. The Balaban J connectivity index is 2.13. The van der Waals surface area contributed by atoms with Gasteiger partial charge in [0.25, 0.3) is 0 Å².